The van der Waals surface area contributed by atoms with Gasteiger partial charge in [-0.3, -0.25) is 14.9 Å². The standard InChI is InChI=1S/C32H31N3O5/c1-3-6-29(32(37)38)28(4-2)24-12-8-23(9-13-24)21-34-18-5-7-25-19-26(14-17-30(25)34)31(36)33-20-22-10-15-27(16-11-22)35(39)40/h3-4,6,8-17,19H,1,5,7,18,20-21H2,2H3,(H,33,36)(H,37,38)/b28-4-,29-6+. The van der Waals surface area contributed by atoms with Crippen molar-refractivity contribution in [2.75, 3.05) is 11.4 Å². The number of hydrogen-bond donors (Lipinski definition) is 2. The van der Waals surface area contributed by atoms with Crippen LogP contribution in [0.2, 0.25) is 0 Å². The lowest BCUT2D eigenvalue weighted by Gasteiger charge is -2.32. The molecule has 204 valence electrons. The van der Waals surface area contributed by atoms with E-state index in [0.29, 0.717) is 17.7 Å². The van der Waals surface area contributed by atoms with E-state index in [4.69, 9.17) is 0 Å². The first-order valence-electron chi connectivity index (χ1n) is 13.0. The fourth-order valence-corrected chi connectivity index (χ4v) is 4.88. The highest BCUT2D eigenvalue weighted by molar-refractivity contribution is 6.05. The first-order chi connectivity index (χ1) is 19.3. The van der Waals surface area contributed by atoms with Gasteiger partial charge >= 0.3 is 5.97 Å². The number of rotatable bonds is 10. The molecule has 0 radical (unpaired) electrons. The Kier molecular flexibility index (Phi) is 8.91. The maximum atomic E-state index is 12.8. The van der Waals surface area contributed by atoms with Crippen molar-refractivity contribution in [3.63, 3.8) is 0 Å². The molecule has 4 rings (SSSR count). The highest BCUT2D eigenvalue weighted by Gasteiger charge is 2.20. The Hall–Kier alpha value is -4.98. The minimum atomic E-state index is -0.999. The number of carbonyl (C=O) groups is 2. The number of carbonyl (C=O) groups excluding carboxylic acids is 1. The van der Waals surface area contributed by atoms with Crippen LogP contribution in [0.4, 0.5) is 11.4 Å². The van der Waals surface area contributed by atoms with Crippen LogP contribution in [0.15, 0.2) is 97.1 Å². The predicted octanol–water partition coefficient (Wildman–Crippen LogP) is 6.08. The lowest BCUT2D eigenvalue weighted by molar-refractivity contribution is -0.384. The summed E-state index contributed by atoms with van der Waals surface area (Å²) >= 11 is 0. The molecule has 3 aromatic carbocycles. The van der Waals surface area contributed by atoms with E-state index in [2.05, 4.69) is 16.8 Å². The molecular weight excluding hydrogens is 506 g/mol. The van der Waals surface area contributed by atoms with Crippen LogP contribution in [-0.4, -0.2) is 28.5 Å². The van der Waals surface area contributed by atoms with E-state index in [0.717, 1.165) is 47.3 Å². The molecule has 2 N–H and O–H groups in total. The Balaban J connectivity index is 1.43. The number of aliphatic carboxylic acids is 1. The predicted molar refractivity (Wildman–Crippen MR) is 156 cm³/mol. The van der Waals surface area contributed by atoms with Crippen molar-refractivity contribution in [2.24, 2.45) is 0 Å². The van der Waals surface area contributed by atoms with Crippen LogP contribution >= 0.6 is 0 Å². The molecule has 0 aliphatic carbocycles. The van der Waals surface area contributed by atoms with Crippen LogP contribution in [-0.2, 0) is 24.3 Å². The molecule has 0 saturated carbocycles. The smallest absolute Gasteiger partial charge is 0.336 e. The molecule has 0 bridgehead atoms. The molecule has 0 saturated heterocycles. The van der Waals surface area contributed by atoms with E-state index in [9.17, 15) is 24.8 Å². The Morgan fingerprint density at radius 2 is 1.73 bits per heavy atom. The molecule has 0 unspecified atom stereocenters. The van der Waals surface area contributed by atoms with Crippen LogP contribution in [0.25, 0.3) is 5.57 Å². The summed E-state index contributed by atoms with van der Waals surface area (Å²) in [4.78, 5) is 37.2. The van der Waals surface area contributed by atoms with E-state index < -0.39 is 10.9 Å². The van der Waals surface area contributed by atoms with Gasteiger partial charge < -0.3 is 15.3 Å². The van der Waals surface area contributed by atoms with Gasteiger partial charge in [0.2, 0.25) is 0 Å². The number of aryl methyl sites for hydroxylation is 1. The number of non-ortho nitro benzene ring substituents is 1. The Bertz CT molecular complexity index is 1490. The first kappa shape index (κ1) is 28.0. The Morgan fingerprint density at radius 1 is 1.05 bits per heavy atom. The van der Waals surface area contributed by atoms with E-state index in [-0.39, 0.29) is 23.7 Å². The number of carboxylic acids is 1. The van der Waals surface area contributed by atoms with Crippen molar-refractivity contribution in [1.82, 2.24) is 5.32 Å². The molecular formula is C32H31N3O5. The van der Waals surface area contributed by atoms with E-state index in [1.54, 1.807) is 18.2 Å². The van der Waals surface area contributed by atoms with Crippen LogP contribution in [0.5, 0.6) is 0 Å². The van der Waals surface area contributed by atoms with Gasteiger partial charge in [-0.15, -0.1) is 0 Å². The molecule has 1 amide bonds. The average molecular weight is 538 g/mol. The monoisotopic (exact) mass is 537 g/mol. The van der Waals surface area contributed by atoms with Crippen LogP contribution in [0.1, 0.15) is 46.0 Å². The van der Waals surface area contributed by atoms with Gasteiger partial charge in [0.15, 0.2) is 0 Å². The number of anilines is 1. The second-order valence-corrected chi connectivity index (χ2v) is 9.50. The Morgan fingerprint density at radius 3 is 2.35 bits per heavy atom. The first-order valence-corrected chi connectivity index (χ1v) is 13.0. The number of hydrogen-bond acceptors (Lipinski definition) is 5. The zero-order valence-electron chi connectivity index (χ0n) is 22.3. The number of fused-ring (bicyclic) bond motifs is 1. The van der Waals surface area contributed by atoms with E-state index >= 15 is 0 Å². The SMILES string of the molecule is C=C/C=C(C(=O)O)\C(=C/C)c1ccc(CN2CCCc3cc(C(=O)NCc4ccc([N+](=O)[O-])cc4)ccc32)cc1. The summed E-state index contributed by atoms with van der Waals surface area (Å²) in [5.74, 6) is -1.19. The van der Waals surface area contributed by atoms with Crippen molar-refractivity contribution < 1.29 is 19.6 Å². The van der Waals surface area contributed by atoms with Crippen molar-refractivity contribution in [1.29, 1.82) is 0 Å². The third-order valence-corrected chi connectivity index (χ3v) is 6.89. The van der Waals surface area contributed by atoms with E-state index in [1.165, 1.54) is 24.3 Å². The van der Waals surface area contributed by atoms with Gasteiger partial charge in [0, 0.05) is 43.0 Å². The quantitative estimate of drug-likeness (QED) is 0.140. The van der Waals surface area contributed by atoms with Gasteiger partial charge in [-0.1, -0.05) is 55.1 Å². The van der Waals surface area contributed by atoms with Gasteiger partial charge in [-0.25, -0.2) is 4.79 Å². The number of allylic oxidation sites excluding steroid dienone is 3. The van der Waals surface area contributed by atoms with Crippen molar-refractivity contribution in [3.8, 4) is 0 Å². The third-order valence-electron chi connectivity index (χ3n) is 6.89. The number of benzene rings is 3. The molecule has 0 spiro atoms. The molecule has 40 heavy (non-hydrogen) atoms. The molecule has 1 aliphatic heterocycles. The minimum Gasteiger partial charge on any atom is -0.478 e. The third kappa shape index (κ3) is 6.53. The zero-order chi connectivity index (χ0) is 28.6. The van der Waals surface area contributed by atoms with Gasteiger partial charge in [0.25, 0.3) is 11.6 Å². The summed E-state index contributed by atoms with van der Waals surface area (Å²) in [6, 6.07) is 19.8. The topological polar surface area (TPSA) is 113 Å². The van der Waals surface area contributed by atoms with Gasteiger partial charge in [-0.05, 0) is 71.9 Å². The summed E-state index contributed by atoms with van der Waals surface area (Å²) in [5, 5.41) is 23.3. The number of nitro benzene ring substituents is 1. The van der Waals surface area contributed by atoms with Crippen molar-refractivity contribution in [2.45, 2.75) is 32.9 Å². The number of nitrogens with one attached hydrogen (secondary N) is 1. The fourth-order valence-electron chi connectivity index (χ4n) is 4.88. The summed E-state index contributed by atoms with van der Waals surface area (Å²) in [7, 11) is 0. The normalized spacial score (nSPS) is 13.4. The van der Waals surface area contributed by atoms with Gasteiger partial charge in [0.1, 0.15) is 0 Å². The lowest BCUT2D eigenvalue weighted by Crippen LogP contribution is -2.29. The molecule has 0 atom stereocenters. The molecule has 1 heterocycles. The number of amides is 1. The minimum absolute atomic E-state index is 0.0146. The molecule has 8 nitrogen and oxygen atoms in total. The molecule has 0 fully saturated rings. The van der Waals surface area contributed by atoms with E-state index in [1.807, 2.05) is 49.4 Å². The number of nitrogens with zero attached hydrogens (tertiary/aromatic N) is 2. The second-order valence-electron chi connectivity index (χ2n) is 9.50. The highest BCUT2D eigenvalue weighted by atomic mass is 16.6. The lowest BCUT2D eigenvalue weighted by atomic mass is 9.95. The fraction of sp³-hybridized carbons (Fsp3) is 0.188. The van der Waals surface area contributed by atoms with Crippen LogP contribution in [0, 0.1) is 10.1 Å². The summed E-state index contributed by atoms with van der Waals surface area (Å²) in [6.45, 7) is 7.31. The maximum Gasteiger partial charge on any atom is 0.336 e. The second kappa shape index (κ2) is 12.7. The molecule has 3 aromatic rings. The maximum absolute atomic E-state index is 12.8. The largest absolute Gasteiger partial charge is 0.478 e. The molecule has 8 heteroatoms. The van der Waals surface area contributed by atoms with Crippen molar-refractivity contribution in [3.05, 3.63) is 135 Å². The molecule has 1 aliphatic rings. The highest BCUT2D eigenvalue weighted by Crippen LogP contribution is 2.30. The summed E-state index contributed by atoms with van der Waals surface area (Å²) in [6.07, 6.45) is 6.62. The van der Waals surface area contributed by atoms with Crippen LogP contribution < -0.4 is 10.2 Å². The summed E-state index contributed by atoms with van der Waals surface area (Å²) < 4.78 is 0. The number of nitro groups is 1. The Labute approximate surface area is 233 Å². The average Bonchev–Trinajstić information content (AvgIpc) is 2.96. The number of carboxylic acid groups (broad SMARTS) is 1. The van der Waals surface area contributed by atoms with Gasteiger partial charge in [-0.2, -0.15) is 0 Å². The van der Waals surface area contributed by atoms with Gasteiger partial charge in [0.05, 0.1) is 10.5 Å². The van der Waals surface area contributed by atoms with Crippen LogP contribution in [0.3, 0.4) is 0 Å². The zero-order valence-corrected chi connectivity index (χ0v) is 22.3. The van der Waals surface area contributed by atoms with Crippen molar-refractivity contribution >= 4 is 28.8 Å². The molecule has 0 aromatic heterocycles. The summed E-state index contributed by atoms with van der Waals surface area (Å²) in [5.41, 5.74) is 6.34.